The maximum Gasteiger partial charge on any atom is 0.246 e. The van der Waals surface area contributed by atoms with Crippen molar-refractivity contribution in [2.24, 2.45) is 0 Å². The highest BCUT2D eigenvalue weighted by Gasteiger charge is 2.35. The first-order chi connectivity index (χ1) is 9.59. The van der Waals surface area contributed by atoms with Crippen LogP contribution in [0.3, 0.4) is 0 Å². The van der Waals surface area contributed by atoms with Gasteiger partial charge in [0.25, 0.3) is 0 Å². The Kier molecular flexibility index (Phi) is 3.99. The lowest BCUT2D eigenvalue weighted by molar-refractivity contribution is 0.257. The summed E-state index contributed by atoms with van der Waals surface area (Å²) in [6.07, 6.45) is 5.95. The van der Waals surface area contributed by atoms with Crippen LogP contribution in [0, 0.1) is 0 Å². The Balaban J connectivity index is 1.89. The molecule has 1 atom stereocenters. The van der Waals surface area contributed by atoms with Gasteiger partial charge in [0, 0.05) is 31.5 Å². The van der Waals surface area contributed by atoms with Gasteiger partial charge in [-0.2, -0.15) is 4.31 Å². The second-order valence-corrected chi connectivity index (χ2v) is 7.67. The van der Waals surface area contributed by atoms with Crippen LogP contribution in [0.15, 0.2) is 23.4 Å². The highest BCUT2D eigenvalue weighted by molar-refractivity contribution is 7.89. The van der Waals surface area contributed by atoms with E-state index < -0.39 is 10.0 Å². The zero-order valence-corrected chi connectivity index (χ0v) is 12.8. The van der Waals surface area contributed by atoms with E-state index in [0.717, 1.165) is 32.4 Å². The molecule has 2 aliphatic rings. The van der Waals surface area contributed by atoms with Gasteiger partial charge in [-0.3, -0.25) is 9.88 Å². The quantitative estimate of drug-likeness (QED) is 0.832. The standard InChI is InChI=1S/C13H18ClN3O2S/c14-12-4-5-15-9-13(12)20(18,19)17-8-2-7-16-6-1-3-11(16)10-17/h4-5,9,11H,1-3,6-8,10H2. The van der Waals surface area contributed by atoms with E-state index >= 15 is 0 Å². The topological polar surface area (TPSA) is 53.5 Å². The van der Waals surface area contributed by atoms with Crippen LogP contribution in [-0.2, 0) is 10.0 Å². The summed E-state index contributed by atoms with van der Waals surface area (Å²) in [5, 5.41) is 0.243. The first kappa shape index (κ1) is 14.3. The summed E-state index contributed by atoms with van der Waals surface area (Å²) in [6.45, 7) is 3.19. The molecule has 0 radical (unpaired) electrons. The molecule has 2 aliphatic heterocycles. The average molecular weight is 316 g/mol. The molecular weight excluding hydrogens is 298 g/mol. The number of pyridine rings is 1. The van der Waals surface area contributed by atoms with Crippen molar-refractivity contribution >= 4 is 21.6 Å². The summed E-state index contributed by atoms with van der Waals surface area (Å²) >= 11 is 6.02. The Hall–Kier alpha value is -0.690. The number of aromatic nitrogens is 1. The zero-order valence-electron chi connectivity index (χ0n) is 11.2. The minimum atomic E-state index is -3.54. The van der Waals surface area contributed by atoms with Gasteiger partial charge in [0.05, 0.1) is 5.02 Å². The van der Waals surface area contributed by atoms with E-state index in [4.69, 9.17) is 11.6 Å². The number of fused-ring (bicyclic) bond motifs is 1. The molecule has 0 saturated carbocycles. The molecule has 0 bridgehead atoms. The minimum absolute atomic E-state index is 0.119. The van der Waals surface area contributed by atoms with Crippen molar-refractivity contribution in [2.45, 2.75) is 30.2 Å². The SMILES string of the molecule is O=S(=O)(c1cnccc1Cl)N1CCCN2CCCC2C1. The lowest BCUT2D eigenvalue weighted by Gasteiger charge is -2.25. The summed E-state index contributed by atoms with van der Waals surface area (Å²) < 4.78 is 27.0. The average Bonchev–Trinajstić information content (AvgIpc) is 2.76. The van der Waals surface area contributed by atoms with Crippen LogP contribution in [0.1, 0.15) is 19.3 Å². The minimum Gasteiger partial charge on any atom is -0.299 e. The molecule has 2 saturated heterocycles. The van der Waals surface area contributed by atoms with Crippen molar-refractivity contribution < 1.29 is 8.42 Å². The molecule has 1 aromatic heterocycles. The lowest BCUT2D eigenvalue weighted by atomic mass is 10.2. The van der Waals surface area contributed by atoms with Gasteiger partial charge in [0.15, 0.2) is 0 Å². The van der Waals surface area contributed by atoms with Crippen molar-refractivity contribution in [3.05, 3.63) is 23.5 Å². The second kappa shape index (κ2) is 5.60. The summed E-state index contributed by atoms with van der Waals surface area (Å²) in [6, 6.07) is 1.87. The Morgan fingerprint density at radius 1 is 1.25 bits per heavy atom. The molecule has 20 heavy (non-hydrogen) atoms. The number of sulfonamides is 1. The predicted molar refractivity (Wildman–Crippen MR) is 77.2 cm³/mol. The third-order valence-corrected chi connectivity index (χ3v) is 6.45. The van der Waals surface area contributed by atoms with Crippen molar-refractivity contribution in [1.29, 1.82) is 0 Å². The Morgan fingerprint density at radius 2 is 2.05 bits per heavy atom. The molecule has 0 aliphatic carbocycles. The van der Waals surface area contributed by atoms with Gasteiger partial charge in [-0.15, -0.1) is 0 Å². The molecule has 110 valence electrons. The molecule has 1 aromatic rings. The summed E-state index contributed by atoms with van der Waals surface area (Å²) in [5.41, 5.74) is 0. The van der Waals surface area contributed by atoms with Crippen LogP contribution < -0.4 is 0 Å². The van der Waals surface area contributed by atoms with Gasteiger partial charge in [-0.05, 0) is 38.4 Å². The lowest BCUT2D eigenvalue weighted by Crippen LogP contribution is -2.39. The molecule has 1 unspecified atom stereocenters. The Morgan fingerprint density at radius 3 is 2.85 bits per heavy atom. The monoisotopic (exact) mass is 315 g/mol. The number of hydrogen-bond donors (Lipinski definition) is 0. The van der Waals surface area contributed by atoms with Crippen LogP contribution in [0.25, 0.3) is 0 Å². The van der Waals surface area contributed by atoms with Crippen molar-refractivity contribution in [1.82, 2.24) is 14.2 Å². The molecule has 0 N–H and O–H groups in total. The molecule has 3 rings (SSSR count). The number of nitrogens with zero attached hydrogens (tertiary/aromatic N) is 3. The summed E-state index contributed by atoms with van der Waals surface area (Å²) in [7, 11) is -3.54. The van der Waals surface area contributed by atoms with E-state index in [1.165, 1.54) is 18.5 Å². The highest BCUT2D eigenvalue weighted by Crippen LogP contribution is 2.27. The van der Waals surface area contributed by atoms with E-state index in [-0.39, 0.29) is 9.92 Å². The molecule has 0 aromatic carbocycles. The van der Waals surface area contributed by atoms with Crippen LogP contribution in [-0.4, -0.2) is 54.8 Å². The maximum atomic E-state index is 12.7. The highest BCUT2D eigenvalue weighted by atomic mass is 35.5. The zero-order chi connectivity index (χ0) is 14.2. The Labute approximate surface area is 124 Å². The fourth-order valence-corrected chi connectivity index (χ4v) is 5.01. The molecule has 3 heterocycles. The largest absolute Gasteiger partial charge is 0.299 e. The maximum absolute atomic E-state index is 12.7. The molecule has 0 amide bonds. The number of rotatable bonds is 2. The van der Waals surface area contributed by atoms with E-state index in [9.17, 15) is 8.42 Å². The van der Waals surface area contributed by atoms with Gasteiger partial charge >= 0.3 is 0 Å². The van der Waals surface area contributed by atoms with E-state index in [1.54, 1.807) is 4.31 Å². The number of halogens is 1. The first-order valence-corrected chi connectivity index (χ1v) is 8.74. The fourth-order valence-electron chi connectivity index (χ4n) is 3.08. The number of hydrogen-bond acceptors (Lipinski definition) is 4. The normalized spacial score (nSPS) is 25.4. The van der Waals surface area contributed by atoms with Crippen molar-refractivity contribution in [2.75, 3.05) is 26.2 Å². The molecule has 2 fully saturated rings. The third-order valence-electron chi connectivity index (χ3n) is 4.12. The van der Waals surface area contributed by atoms with Crippen molar-refractivity contribution in [3.63, 3.8) is 0 Å². The van der Waals surface area contributed by atoms with Crippen LogP contribution in [0.2, 0.25) is 5.02 Å². The van der Waals surface area contributed by atoms with Crippen LogP contribution in [0.5, 0.6) is 0 Å². The predicted octanol–water partition coefficient (Wildman–Crippen LogP) is 1.59. The van der Waals surface area contributed by atoms with E-state index in [0.29, 0.717) is 19.1 Å². The summed E-state index contributed by atoms with van der Waals surface area (Å²) in [5.74, 6) is 0. The van der Waals surface area contributed by atoms with Crippen molar-refractivity contribution in [3.8, 4) is 0 Å². The second-order valence-electron chi connectivity index (χ2n) is 5.35. The van der Waals surface area contributed by atoms with Crippen LogP contribution >= 0.6 is 11.6 Å². The van der Waals surface area contributed by atoms with Gasteiger partial charge in [-0.25, -0.2) is 8.42 Å². The first-order valence-electron chi connectivity index (χ1n) is 6.93. The summed E-state index contributed by atoms with van der Waals surface area (Å²) in [4.78, 5) is 6.42. The van der Waals surface area contributed by atoms with E-state index in [1.807, 2.05) is 0 Å². The van der Waals surface area contributed by atoms with Crippen LogP contribution in [0.4, 0.5) is 0 Å². The smallest absolute Gasteiger partial charge is 0.246 e. The van der Waals surface area contributed by atoms with E-state index in [2.05, 4.69) is 9.88 Å². The third kappa shape index (κ3) is 2.57. The van der Waals surface area contributed by atoms with Gasteiger partial charge in [-0.1, -0.05) is 11.6 Å². The molecular formula is C13H18ClN3O2S. The Bertz CT molecular complexity index is 593. The van der Waals surface area contributed by atoms with Gasteiger partial charge < -0.3 is 0 Å². The van der Waals surface area contributed by atoms with Gasteiger partial charge in [0.1, 0.15) is 4.90 Å². The fraction of sp³-hybridized carbons (Fsp3) is 0.615. The molecule has 5 nitrogen and oxygen atoms in total. The molecule has 7 heteroatoms. The molecule has 0 spiro atoms. The van der Waals surface area contributed by atoms with Gasteiger partial charge in [0.2, 0.25) is 10.0 Å².